The average molecular weight is 255 g/mol. The second kappa shape index (κ2) is 3.77. The lowest BCUT2D eigenvalue weighted by Gasteiger charge is -2.14. The topological polar surface area (TPSA) is 103 Å². The van der Waals surface area contributed by atoms with Crippen molar-refractivity contribution in [2.24, 2.45) is 0 Å². The molecule has 1 aliphatic rings. The average Bonchev–Trinajstić information content (AvgIpc) is 2.44. The first kappa shape index (κ1) is 11.1. The minimum absolute atomic E-state index is 0.00722. The molecule has 0 aliphatic heterocycles. The Morgan fingerprint density at radius 2 is 1.63 bits per heavy atom. The Bertz CT molecular complexity index is 754. The van der Waals surface area contributed by atoms with E-state index in [0.29, 0.717) is 0 Å². The van der Waals surface area contributed by atoms with E-state index in [1.165, 1.54) is 30.6 Å². The van der Waals surface area contributed by atoms with Crippen molar-refractivity contribution in [2.75, 3.05) is 0 Å². The minimum Gasteiger partial charge on any atom is -0.287 e. The zero-order chi connectivity index (χ0) is 13.6. The third kappa shape index (κ3) is 1.45. The van der Waals surface area contributed by atoms with Crippen LogP contribution in [0.15, 0.2) is 30.6 Å². The first-order valence-corrected chi connectivity index (χ1v) is 5.29. The van der Waals surface area contributed by atoms with E-state index < -0.39 is 22.2 Å². The van der Waals surface area contributed by atoms with Crippen LogP contribution in [-0.2, 0) is 0 Å². The Morgan fingerprint density at radius 1 is 1.00 bits per heavy atom. The molecule has 1 aromatic carbocycles. The molecule has 92 valence electrons. The van der Waals surface area contributed by atoms with E-state index in [-0.39, 0.29) is 22.5 Å². The molecule has 7 heteroatoms. The third-order valence-electron chi connectivity index (χ3n) is 2.84. The normalized spacial score (nSPS) is 12.8. The van der Waals surface area contributed by atoms with Gasteiger partial charge in [-0.15, -0.1) is 0 Å². The van der Waals surface area contributed by atoms with Crippen molar-refractivity contribution in [3.63, 3.8) is 0 Å². The maximum absolute atomic E-state index is 12.2. The van der Waals surface area contributed by atoms with Gasteiger partial charge in [0.05, 0.1) is 4.92 Å². The Hall–Kier alpha value is -2.96. The number of benzene rings is 1. The minimum atomic E-state index is -0.689. The molecule has 3 rings (SSSR count). The molecule has 1 aromatic heterocycles. The molecule has 0 radical (unpaired) electrons. The number of nitro benzene ring substituents is 1. The highest BCUT2D eigenvalue weighted by Gasteiger charge is 2.37. The van der Waals surface area contributed by atoms with Crippen LogP contribution in [0.1, 0.15) is 32.1 Å². The van der Waals surface area contributed by atoms with Gasteiger partial charge in [-0.1, -0.05) is 6.07 Å². The number of hydrogen-bond acceptors (Lipinski definition) is 6. The van der Waals surface area contributed by atoms with Crippen molar-refractivity contribution >= 4 is 17.3 Å². The van der Waals surface area contributed by atoms with Gasteiger partial charge in [-0.3, -0.25) is 19.7 Å². The molecular weight excluding hydrogens is 250 g/mol. The number of rotatable bonds is 1. The molecule has 0 N–H and O–H groups in total. The van der Waals surface area contributed by atoms with E-state index in [4.69, 9.17) is 0 Å². The van der Waals surface area contributed by atoms with Crippen molar-refractivity contribution in [1.29, 1.82) is 0 Å². The van der Waals surface area contributed by atoms with Crippen LogP contribution < -0.4 is 0 Å². The van der Waals surface area contributed by atoms with Gasteiger partial charge in [0.1, 0.15) is 17.0 Å². The van der Waals surface area contributed by atoms with Crippen LogP contribution in [0.5, 0.6) is 0 Å². The number of carbonyl (C=O) groups excluding carboxylic acids is 2. The number of nitro groups is 1. The van der Waals surface area contributed by atoms with Gasteiger partial charge in [0.2, 0.25) is 11.6 Å². The summed E-state index contributed by atoms with van der Waals surface area (Å²) in [7, 11) is 0. The number of aromatic nitrogens is 2. The highest BCUT2D eigenvalue weighted by molar-refractivity contribution is 6.28. The maximum Gasteiger partial charge on any atom is 0.281 e. The molecule has 0 bridgehead atoms. The largest absolute Gasteiger partial charge is 0.287 e. The molecule has 7 nitrogen and oxygen atoms in total. The van der Waals surface area contributed by atoms with Crippen LogP contribution in [0.4, 0.5) is 5.69 Å². The zero-order valence-corrected chi connectivity index (χ0v) is 9.36. The molecule has 0 atom stereocenters. The van der Waals surface area contributed by atoms with Crippen molar-refractivity contribution in [2.45, 2.75) is 0 Å². The number of ketones is 2. The molecule has 0 amide bonds. The molecule has 0 spiro atoms. The number of carbonyl (C=O) groups is 2. The zero-order valence-electron chi connectivity index (χ0n) is 9.36. The summed E-state index contributed by atoms with van der Waals surface area (Å²) in [5, 5.41) is 10.9. The lowest BCUT2D eigenvalue weighted by Crippen LogP contribution is -2.24. The Kier molecular flexibility index (Phi) is 2.21. The highest BCUT2D eigenvalue weighted by Crippen LogP contribution is 2.30. The fourth-order valence-corrected chi connectivity index (χ4v) is 2.04. The second-order valence-electron chi connectivity index (χ2n) is 3.87. The lowest BCUT2D eigenvalue weighted by atomic mass is 9.88. The summed E-state index contributed by atoms with van der Waals surface area (Å²) in [5.41, 5.74) is -0.834. The number of hydrogen-bond donors (Lipinski definition) is 0. The van der Waals surface area contributed by atoms with Gasteiger partial charge in [-0.05, 0) is 6.07 Å². The first-order valence-electron chi connectivity index (χ1n) is 5.29. The third-order valence-corrected chi connectivity index (χ3v) is 2.84. The van der Waals surface area contributed by atoms with Gasteiger partial charge in [0, 0.05) is 24.0 Å². The first-order chi connectivity index (χ1) is 9.11. The summed E-state index contributed by atoms with van der Waals surface area (Å²) in [4.78, 5) is 42.2. The molecule has 0 unspecified atom stereocenters. The quantitative estimate of drug-likeness (QED) is 0.477. The standard InChI is InChI=1S/C12H5N3O4/c16-11-6-2-1-3-7(15(18)19)8(6)12(17)10-9(11)13-4-5-14-10/h1-5H. The molecule has 1 aliphatic carbocycles. The number of fused-ring (bicyclic) bond motifs is 2. The molecule has 0 fully saturated rings. The van der Waals surface area contributed by atoms with Crippen LogP contribution in [0.3, 0.4) is 0 Å². The predicted octanol–water partition coefficient (Wildman–Crippen LogP) is 1.16. The Labute approximate surface area is 106 Å². The van der Waals surface area contributed by atoms with E-state index in [0.717, 1.165) is 0 Å². The van der Waals surface area contributed by atoms with Crippen LogP contribution in [-0.4, -0.2) is 26.5 Å². The molecule has 2 aromatic rings. The Balaban J connectivity index is 2.36. The van der Waals surface area contributed by atoms with Crippen LogP contribution in [0, 0.1) is 10.1 Å². The highest BCUT2D eigenvalue weighted by atomic mass is 16.6. The lowest BCUT2D eigenvalue weighted by molar-refractivity contribution is -0.385. The summed E-state index contributed by atoms with van der Waals surface area (Å²) in [6.07, 6.45) is 2.57. The monoisotopic (exact) mass is 255 g/mol. The fourth-order valence-electron chi connectivity index (χ4n) is 2.04. The number of nitrogens with zero attached hydrogens (tertiary/aromatic N) is 3. The Morgan fingerprint density at radius 3 is 2.26 bits per heavy atom. The van der Waals surface area contributed by atoms with Crippen molar-refractivity contribution in [3.8, 4) is 0 Å². The van der Waals surface area contributed by atoms with E-state index in [1.807, 2.05) is 0 Å². The van der Waals surface area contributed by atoms with Gasteiger partial charge >= 0.3 is 0 Å². The van der Waals surface area contributed by atoms with Gasteiger partial charge in [-0.25, -0.2) is 9.97 Å². The van der Waals surface area contributed by atoms with Gasteiger partial charge in [0.15, 0.2) is 0 Å². The van der Waals surface area contributed by atoms with E-state index in [9.17, 15) is 19.7 Å². The molecular formula is C12H5N3O4. The fraction of sp³-hybridized carbons (Fsp3) is 0. The van der Waals surface area contributed by atoms with Gasteiger partial charge < -0.3 is 0 Å². The van der Waals surface area contributed by atoms with E-state index in [1.54, 1.807) is 0 Å². The van der Waals surface area contributed by atoms with Crippen LogP contribution in [0.2, 0.25) is 0 Å². The van der Waals surface area contributed by atoms with Crippen molar-refractivity contribution in [3.05, 3.63) is 63.2 Å². The van der Waals surface area contributed by atoms with Crippen LogP contribution >= 0.6 is 0 Å². The predicted molar refractivity (Wildman–Crippen MR) is 62.0 cm³/mol. The van der Waals surface area contributed by atoms with E-state index >= 15 is 0 Å². The van der Waals surface area contributed by atoms with E-state index in [2.05, 4.69) is 9.97 Å². The smallest absolute Gasteiger partial charge is 0.281 e. The van der Waals surface area contributed by atoms with Gasteiger partial charge in [-0.2, -0.15) is 0 Å². The molecule has 0 saturated carbocycles. The summed E-state index contributed by atoms with van der Waals surface area (Å²) in [5.74, 6) is -1.17. The molecule has 1 heterocycles. The maximum atomic E-state index is 12.2. The summed E-state index contributed by atoms with van der Waals surface area (Å²) in [6, 6.07) is 3.93. The van der Waals surface area contributed by atoms with Crippen molar-refractivity contribution in [1.82, 2.24) is 9.97 Å². The molecule has 19 heavy (non-hydrogen) atoms. The summed E-state index contributed by atoms with van der Waals surface area (Å²) in [6.45, 7) is 0. The van der Waals surface area contributed by atoms with Crippen molar-refractivity contribution < 1.29 is 14.5 Å². The SMILES string of the molecule is O=C1c2cccc([N+](=O)[O-])c2C(=O)c2nccnc21. The summed E-state index contributed by atoms with van der Waals surface area (Å²) >= 11 is 0. The second-order valence-corrected chi connectivity index (χ2v) is 3.87. The summed E-state index contributed by atoms with van der Waals surface area (Å²) < 4.78 is 0. The van der Waals surface area contributed by atoms with Gasteiger partial charge in [0.25, 0.3) is 5.69 Å². The van der Waals surface area contributed by atoms with Crippen LogP contribution in [0.25, 0.3) is 0 Å². The molecule has 0 saturated heterocycles.